The van der Waals surface area contributed by atoms with Crippen LogP contribution in [0.15, 0.2) is 29.3 Å². The number of fused-ring (bicyclic) bond motifs is 1. The molecule has 2 aliphatic rings. The van der Waals surface area contributed by atoms with Gasteiger partial charge in [-0.15, -0.1) is 0 Å². The minimum atomic E-state index is 0.618. The first-order valence-electron chi connectivity index (χ1n) is 8.47. The Bertz CT molecular complexity index is 526. The fraction of sp³-hybridized carbons (Fsp3) is 0.611. The molecule has 120 valence electrons. The Morgan fingerprint density at radius 2 is 2.05 bits per heavy atom. The summed E-state index contributed by atoms with van der Waals surface area (Å²) in [7, 11) is 4.06. The lowest BCUT2D eigenvalue weighted by Crippen LogP contribution is -2.41. The van der Waals surface area contributed by atoms with E-state index in [0.717, 1.165) is 25.0 Å². The van der Waals surface area contributed by atoms with Crippen molar-refractivity contribution >= 4 is 5.96 Å². The Hall–Kier alpha value is -1.55. The average molecular weight is 300 g/mol. The molecule has 0 saturated carbocycles. The van der Waals surface area contributed by atoms with Crippen LogP contribution < -0.4 is 10.6 Å². The van der Waals surface area contributed by atoms with Crippen LogP contribution in [0.25, 0.3) is 0 Å². The largest absolute Gasteiger partial charge is 0.356 e. The normalized spacial score (nSPS) is 25.3. The molecule has 22 heavy (non-hydrogen) atoms. The molecule has 0 bridgehead atoms. The fourth-order valence-corrected chi connectivity index (χ4v) is 3.73. The van der Waals surface area contributed by atoms with Gasteiger partial charge in [-0.25, -0.2) is 0 Å². The molecule has 1 fully saturated rings. The lowest BCUT2D eigenvalue weighted by molar-refractivity contribution is 0.394. The lowest BCUT2D eigenvalue weighted by Gasteiger charge is -2.18. The van der Waals surface area contributed by atoms with E-state index in [4.69, 9.17) is 0 Å². The van der Waals surface area contributed by atoms with Crippen molar-refractivity contribution in [3.05, 3.63) is 35.4 Å². The summed E-state index contributed by atoms with van der Waals surface area (Å²) in [6, 6.07) is 8.84. The van der Waals surface area contributed by atoms with Gasteiger partial charge in [-0.3, -0.25) is 4.99 Å². The van der Waals surface area contributed by atoms with Crippen LogP contribution in [0.2, 0.25) is 0 Å². The summed E-state index contributed by atoms with van der Waals surface area (Å²) in [5.41, 5.74) is 3.04. The van der Waals surface area contributed by atoms with Crippen LogP contribution in [0.5, 0.6) is 0 Å². The first kappa shape index (κ1) is 15.3. The standard InChI is InChI=1S/C18H28N4/c1-19-18(20-11-14-9-10-22(2)13-14)21-12-16-8-7-15-5-3-4-6-17(15)16/h3-6,14,16H,7-13H2,1-2H3,(H2,19,20,21). The monoisotopic (exact) mass is 300 g/mol. The van der Waals surface area contributed by atoms with Crippen molar-refractivity contribution in [2.75, 3.05) is 40.3 Å². The van der Waals surface area contributed by atoms with Crippen LogP contribution in [-0.2, 0) is 6.42 Å². The predicted molar refractivity (Wildman–Crippen MR) is 92.5 cm³/mol. The number of nitrogens with zero attached hydrogens (tertiary/aromatic N) is 2. The minimum Gasteiger partial charge on any atom is -0.356 e. The maximum absolute atomic E-state index is 4.37. The molecule has 1 aliphatic heterocycles. The molecule has 3 rings (SSSR count). The molecule has 2 unspecified atom stereocenters. The summed E-state index contributed by atoms with van der Waals surface area (Å²) in [6.45, 7) is 4.41. The van der Waals surface area contributed by atoms with Gasteiger partial charge >= 0.3 is 0 Å². The van der Waals surface area contributed by atoms with Gasteiger partial charge in [0.25, 0.3) is 0 Å². The van der Waals surface area contributed by atoms with Gasteiger partial charge in [0.1, 0.15) is 0 Å². The van der Waals surface area contributed by atoms with Crippen molar-refractivity contribution in [2.24, 2.45) is 10.9 Å². The van der Waals surface area contributed by atoms with Crippen LogP contribution in [0.4, 0.5) is 0 Å². The lowest BCUT2D eigenvalue weighted by atomic mass is 10.0. The maximum Gasteiger partial charge on any atom is 0.191 e. The Balaban J connectivity index is 1.46. The van der Waals surface area contributed by atoms with Gasteiger partial charge in [-0.2, -0.15) is 0 Å². The molecule has 1 aromatic rings. The minimum absolute atomic E-state index is 0.618. The zero-order chi connectivity index (χ0) is 15.4. The van der Waals surface area contributed by atoms with Crippen molar-refractivity contribution in [3.8, 4) is 0 Å². The molecular weight excluding hydrogens is 272 g/mol. The number of hydrogen-bond acceptors (Lipinski definition) is 2. The van der Waals surface area contributed by atoms with E-state index in [9.17, 15) is 0 Å². The third-order valence-electron chi connectivity index (χ3n) is 5.04. The summed E-state index contributed by atoms with van der Waals surface area (Å²) in [4.78, 5) is 6.77. The first-order valence-corrected chi connectivity index (χ1v) is 8.47. The van der Waals surface area contributed by atoms with Crippen molar-refractivity contribution in [3.63, 3.8) is 0 Å². The highest BCUT2D eigenvalue weighted by Crippen LogP contribution is 2.32. The van der Waals surface area contributed by atoms with Gasteiger partial charge in [0.15, 0.2) is 5.96 Å². The number of rotatable bonds is 4. The Labute approximate surface area is 134 Å². The van der Waals surface area contributed by atoms with Gasteiger partial charge in [-0.1, -0.05) is 24.3 Å². The maximum atomic E-state index is 4.37. The molecule has 0 radical (unpaired) electrons. The summed E-state index contributed by atoms with van der Waals surface area (Å²) >= 11 is 0. The second kappa shape index (κ2) is 7.14. The van der Waals surface area contributed by atoms with E-state index in [-0.39, 0.29) is 0 Å². The summed E-state index contributed by atoms with van der Waals surface area (Å²) < 4.78 is 0. The molecule has 0 spiro atoms. The zero-order valence-corrected chi connectivity index (χ0v) is 13.8. The predicted octanol–water partition coefficient (Wildman–Crippen LogP) is 1.83. The number of nitrogens with one attached hydrogen (secondary N) is 2. The molecular formula is C18H28N4. The Morgan fingerprint density at radius 3 is 2.82 bits per heavy atom. The van der Waals surface area contributed by atoms with E-state index in [1.54, 1.807) is 0 Å². The molecule has 1 heterocycles. The van der Waals surface area contributed by atoms with Crippen LogP contribution in [0.3, 0.4) is 0 Å². The van der Waals surface area contributed by atoms with Gasteiger partial charge < -0.3 is 15.5 Å². The highest BCUT2D eigenvalue weighted by Gasteiger charge is 2.22. The van der Waals surface area contributed by atoms with E-state index in [1.165, 1.54) is 43.5 Å². The highest BCUT2D eigenvalue weighted by atomic mass is 15.2. The number of guanidine groups is 1. The highest BCUT2D eigenvalue weighted by molar-refractivity contribution is 5.79. The third kappa shape index (κ3) is 3.61. The van der Waals surface area contributed by atoms with Gasteiger partial charge in [0, 0.05) is 32.6 Å². The number of aryl methyl sites for hydroxylation is 1. The van der Waals surface area contributed by atoms with E-state index in [2.05, 4.69) is 51.8 Å². The van der Waals surface area contributed by atoms with Crippen molar-refractivity contribution in [2.45, 2.75) is 25.2 Å². The first-order chi connectivity index (χ1) is 10.8. The molecule has 0 aromatic heterocycles. The van der Waals surface area contributed by atoms with E-state index in [1.807, 2.05) is 7.05 Å². The topological polar surface area (TPSA) is 39.7 Å². The second-order valence-electron chi connectivity index (χ2n) is 6.69. The molecule has 1 aromatic carbocycles. The smallest absolute Gasteiger partial charge is 0.191 e. The number of likely N-dealkylation sites (tertiary alicyclic amines) is 1. The summed E-state index contributed by atoms with van der Waals surface area (Å²) in [6.07, 6.45) is 3.75. The van der Waals surface area contributed by atoms with Crippen molar-refractivity contribution in [1.29, 1.82) is 0 Å². The molecule has 4 nitrogen and oxygen atoms in total. The average Bonchev–Trinajstić information content (AvgIpc) is 3.14. The van der Waals surface area contributed by atoms with Gasteiger partial charge in [0.05, 0.1) is 0 Å². The molecule has 2 N–H and O–H groups in total. The Kier molecular flexibility index (Phi) is 4.98. The summed E-state index contributed by atoms with van der Waals surface area (Å²) in [5, 5.41) is 7.00. The molecule has 1 aliphatic carbocycles. The zero-order valence-electron chi connectivity index (χ0n) is 13.8. The van der Waals surface area contributed by atoms with E-state index in [0.29, 0.717) is 5.92 Å². The molecule has 4 heteroatoms. The van der Waals surface area contributed by atoms with Crippen LogP contribution >= 0.6 is 0 Å². The van der Waals surface area contributed by atoms with Crippen LogP contribution in [0, 0.1) is 5.92 Å². The van der Waals surface area contributed by atoms with Crippen molar-refractivity contribution < 1.29 is 0 Å². The van der Waals surface area contributed by atoms with Gasteiger partial charge in [0.2, 0.25) is 0 Å². The number of hydrogen-bond donors (Lipinski definition) is 2. The fourth-order valence-electron chi connectivity index (χ4n) is 3.73. The number of aliphatic imine (C=N–C) groups is 1. The summed E-state index contributed by atoms with van der Waals surface area (Å²) in [5.74, 6) is 2.31. The SMILES string of the molecule is CN=C(NCC1CCN(C)C1)NCC1CCc2ccccc21. The van der Waals surface area contributed by atoms with Crippen LogP contribution in [0.1, 0.15) is 29.9 Å². The Morgan fingerprint density at radius 1 is 1.23 bits per heavy atom. The number of benzene rings is 1. The van der Waals surface area contributed by atoms with Gasteiger partial charge in [-0.05, 0) is 49.9 Å². The van der Waals surface area contributed by atoms with E-state index >= 15 is 0 Å². The quantitative estimate of drug-likeness (QED) is 0.658. The van der Waals surface area contributed by atoms with Crippen LogP contribution in [-0.4, -0.2) is 51.1 Å². The third-order valence-corrected chi connectivity index (χ3v) is 5.04. The molecule has 2 atom stereocenters. The van der Waals surface area contributed by atoms with Crippen molar-refractivity contribution in [1.82, 2.24) is 15.5 Å². The van der Waals surface area contributed by atoms with E-state index < -0.39 is 0 Å². The second-order valence-corrected chi connectivity index (χ2v) is 6.69. The molecule has 0 amide bonds. The molecule has 1 saturated heterocycles.